The van der Waals surface area contributed by atoms with E-state index in [-0.39, 0.29) is 42.0 Å². The van der Waals surface area contributed by atoms with Crippen LogP contribution in [0.5, 0.6) is 0 Å². The summed E-state index contributed by atoms with van der Waals surface area (Å²) in [6, 6.07) is 0. The maximum Gasteiger partial charge on any atom is 0.306 e. The summed E-state index contributed by atoms with van der Waals surface area (Å²) in [6.07, 6.45) is 10.6. The van der Waals surface area contributed by atoms with Crippen LogP contribution in [0.25, 0.3) is 0 Å². The highest BCUT2D eigenvalue weighted by Gasteiger charge is 2.19. The van der Waals surface area contributed by atoms with Crippen molar-refractivity contribution in [2.75, 3.05) is 32.7 Å². The Kier molecular flexibility index (Phi) is 14.1. The van der Waals surface area contributed by atoms with Crippen LogP contribution in [0.15, 0.2) is 4.99 Å². The zero-order valence-corrected chi connectivity index (χ0v) is 20.2. The molecular formula is C21H39IN4O3. The van der Waals surface area contributed by atoms with E-state index in [9.17, 15) is 9.59 Å². The number of hydrogen-bond acceptors (Lipinski definition) is 4. The van der Waals surface area contributed by atoms with Gasteiger partial charge in [0.05, 0.1) is 0 Å². The number of carbonyl (C=O) groups excluding carboxylic acids is 2. The van der Waals surface area contributed by atoms with Crippen molar-refractivity contribution in [3.8, 4) is 0 Å². The van der Waals surface area contributed by atoms with Gasteiger partial charge in [0.15, 0.2) is 5.96 Å². The highest BCUT2D eigenvalue weighted by Crippen LogP contribution is 2.21. The van der Waals surface area contributed by atoms with E-state index < -0.39 is 0 Å². The van der Waals surface area contributed by atoms with Gasteiger partial charge in [0, 0.05) is 45.6 Å². The van der Waals surface area contributed by atoms with E-state index in [0.29, 0.717) is 25.9 Å². The predicted octanol–water partition coefficient (Wildman–Crippen LogP) is 3.22. The number of carbonyl (C=O) groups is 2. The van der Waals surface area contributed by atoms with Crippen molar-refractivity contribution in [2.24, 2.45) is 4.99 Å². The summed E-state index contributed by atoms with van der Waals surface area (Å²) in [6.45, 7) is 5.87. The Labute approximate surface area is 192 Å². The maximum atomic E-state index is 12.0. The molecule has 1 saturated carbocycles. The number of halogens is 1. The first-order chi connectivity index (χ1) is 13.7. The molecule has 1 heterocycles. The van der Waals surface area contributed by atoms with Gasteiger partial charge < -0.3 is 20.3 Å². The second-order valence-corrected chi connectivity index (χ2v) is 7.73. The Balaban J connectivity index is 0.00000420. The number of aliphatic imine (C=N–C) groups is 1. The molecule has 2 N–H and O–H groups in total. The lowest BCUT2D eigenvalue weighted by molar-refractivity contribution is -0.148. The fourth-order valence-electron chi connectivity index (χ4n) is 3.76. The van der Waals surface area contributed by atoms with Crippen LogP contribution in [0.4, 0.5) is 0 Å². The lowest BCUT2D eigenvalue weighted by Crippen LogP contribution is -2.38. The number of guanidine groups is 1. The molecule has 0 aromatic carbocycles. The van der Waals surface area contributed by atoms with Crippen LogP contribution in [0, 0.1) is 0 Å². The van der Waals surface area contributed by atoms with Gasteiger partial charge in [-0.15, -0.1) is 24.0 Å². The number of nitrogens with one attached hydrogen (secondary N) is 2. The summed E-state index contributed by atoms with van der Waals surface area (Å²) in [5, 5.41) is 6.51. The molecule has 0 bridgehead atoms. The van der Waals surface area contributed by atoms with Gasteiger partial charge in [-0.05, 0) is 58.3 Å². The largest absolute Gasteiger partial charge is 0.462 e. The van der Waals surface area contributed by atoms with E-state index >= 15 is 0 Å². The highest BCUT2D eigenvalue weighted by molar-refractivity contribution is 14.0. The fraction of sp³-hybridized carbons (Fsp3) is 0.857. The first-order valence-corrected chi connectivity index (χ1v) is 11.2. The molecule has 29 heavy (non-hydrogen) atoms. The minimum atomic E-state index is -0.0854. The molecule has 2 fully saturated rings. The molecule has 0 aromatic rings. The molecule has 7 nitrogen and oxygen atoms in total. The minimum absolute atomic E-state index is 0. The Bertz CT molecular complexity index is 510. The van der Waals surface area contributed by atoms with Crippen molar-refractivity contribution in [3.63, 3.8) is 0 Å². The van der Waals surface area contributed by atoms with Gasteiger partial charge in [0.25, 0.3) is 0 Å². The average Bonchev–Trinajstić information content (AvgIpc) is 3.10. The van der Waals surface area contributed by atoms with Crippen molar-refractivity contribution >= 4 is 41.8 Å². The molecule has 8 heteroatoms. The Morgan fingerprint density at radius 2 is 1.93 bits per heavy atom. The van der Waals surface area contributed by atoms with Crippen molar-refractivity contribution in [1.29, 1.82) is 0 Å². The van der Waals surface area contributed by atoms with Gasteiger partial charge >= 0.3 is 5.97 Å². The normalized spacial score (nSPS) is 18.2. The first kappa shape index (κ1) is 26.0. The Hall–Kier alpha value is -1.06. The van der Waals surface area contributed by atoms with Gasteiger partial charge in [-0.2, -0.15) is 0 Å². The smallest absolute Gasteiger partial charge is 0.306 e. The average molecular weight is 522 g/mol. The van der Waals surface area contributed by atoms with Crippen molar-refractivity contribution < 1.29 is 14.3 Å². The molecule has 1 saturated heterocycles. The van der Waals surface area contributed by atoms with E-state index in [0.717, 1.165) is 70.5 Å². The first-order valence-electron chi connectivity index (χ1n) is 11.2. The standard InChI is InChI=1S/C21H38N4O3.HI/c1-2-22-21(23-14-8-13-20(27)28-18-10-5-6-11-18)24-15-9-17-25-16-7-3-4-12-19(25)26;/h18H,2-17H2,1H3,(H2,22,23,24);1H. The van der Waals surface area contributed by atoms with Crippen LogP contribution in [0.3, 0.4) is 0 Å². The van der Waals surface area contributed by atoms with E-state index in [1.54, 1.807) is 0 Å². The topological polar surface area (TPSA) is 83.0 Å². The SMILES string of the molecule is CCNC(=NCCCN1CCCCCC1=O)NCCCC(=O)OC1CCCC1.I. The third kappa shape index (κ3) is 11.1. The molecular weight excluding hydrogens is 483 g/mol. The predicted molar refractivity (Wildman–Crippen MR) is 127 cm³/mol. The van der Waals surface area contributed by atoms with Gasteiger partial charge in [-0.3, -0.25) is 14.6 Å². The van der Waals surface area contributed by atoms with Gasteiger partial charge in [0.1, 0.15) is 6.10 Å². The number of nitrogens with zero attached hydrogens (tertiary/aromatic N) is 2. The second-order valence-electron chi connectivity index (χ2n) is 7.73. The highest BCUT2D eigenvalue weighted by atomic mass is 127. The number of hydrogen-bond donors (Lipinski definition) is 2. The monoisotopic (exact) mass is 522 g/mol. The number of esters is 1. The summed E-state index contributed by atoms with van der Waals surface area (Å²) >= 11 is 0. The van der Waals surface area contributed by atoms with Gasteiger partial charge in [-0.1, -0.05) is 6.42 Å². The third-order valence-corrected chi connectivity index (χ3v) is 5.32. The summed E-state index contributed by atoms with van der Waals surface area (Å²) in [4.78, 5) is 30.4. The minimum Gasteiger partial charge on any atom is -0.462 e. The summed E-state index contributed by atoms with van der Waals surface area (Å²) in [7, 11) is 0. The van der Waals surface area contributed by atoms with Crippen LogP contribution in [0.2, 0.25) is 0 Å². The number of likely N-dealkylation sites (tertiary alicyclic amines) is 1. The molecule has 1 amide bonds. The number of rotatable bonds is 10. The van der Waals surface area contributed by atoms with E-state index in [2.05, 4.69) is 15.6 Å². The molecule has 2 aliphatic rings. The van der Waals surface area contributed by atoms with Crippen molar-refractivity contribution in [2.45, 2.75) is 83.7 Å². The molecule has 0 atom stereocenters. The molecule has 1 aliphatic heterocycles. The summed E-state index contributed by atoms with van der Waals surface area (Å²) in [5.41, 5.74) is 0. The zero-order chi connectivity index (χ0) is 20.0. The molecule has 2 rings (SSSR count). The molecule has 1 aliphatic carbocycles. The van der Waals surface area contributed by atoms with Crippen molar-refractivity contribution in [3.05, 3.63) is 0 Å². The molecule has 0 aromatic heterocycles. The molecule has 0 unspecified atom stereocenters. The van der Waals surface area contributed by atoms with E-state index in [1.807, 2.05) is 11.8 Å². The van der Waals surface area contributed by atoms with Gasteiger partial charge in [-0.25, -0.2) is 0 Å². The zero-order valence-electron chi connectivity index (χ0n) is 17.9. The number of ether oxygens (including phenoxy) is 1. The summed E-state index contributed by atoms with van der Waals surface area (Å²) in [5.74, 6) is 0.975. The summed E-state index contributed by atoms with van der Waals surface area (Å²) < 4.78 is 5.48. The maximum absolute atomic E-state index is 12.0. The van der Waals surface area contributed by atoms with Crippen LogP contribution >= 0.6 is 24.0 Å². The molecule has 0 spiro atoms. The number of amides is 1. The lowest BCUT2D eigenvalue weighted by Gasteiger charge is -2.20. The third-order valence-electron chi connectivity index (χ3n) is 5.32. The fourth-order valence-corrected chi connectivity index (χ4v) is 3.76. The molecule has 0 radical (unpaired) electrons. The lowest BCUT2D eigenvalue weighted by atomic mass is 10.2. The van der Waals surface area contributed by atoms with Crippen molar-refractivity contribution in [1.82, 2.24) is 15.5 Å². The Morgan fingerprint density at radius 1 is 1.14 bits per heavy atom. The van der Waals surface area contributed by atoms with Crippen LogP contribution in [-0.4, -0.2) is 61.6 Å². The Morgan fingerprint density at radius 3 is 2.69 bits per heavy atom. The quantitative estimate of drug-likeness (QED) is 0.151. The van der Waals surface area contributed by atoms with Gasteiger partial charge in [0.2, 0.25) is 5.91 Å². The second kappa shape index (κ2) is 15.7. The van der Waals surface area contributed by atoms with E-state index in [4.69, 9.17) is 4.74 Å². The van der Waals surface area contributed by atoms with E-state index in [1.165, 1.54) is 12.8 Å². The molecule has 168 valence electrons. The van der Waals surface area contributed by atoms with Crippen LogP contribution in [-0.2, 0) is 14.3 Å². The van der Waals surface area contributed by atoms with Crippen LogP contribution < -0.4 is 10.6 Å². The van der Waals surface area contributed by atoms with Crippen LogP contribution in [0.1, 0.15) is 77.6 Å².